The molecule has 1 aromatic heterocycles. The maximum Gasteiger partial charge on any atom is 0.272 e. The summed E-state index contributed by atoms with van der Waals surface area (Å²) in [6.07, 6.45) is 3.49. The van der Waals surface area contributed by atoms with E-state index >= 15 is 0 Å². The Kier molecular flexibility index (Phi) is 6.40. The van der Waals surface area contributed by atoms with Gasteiger partial charge in [-0.2, -0.15) is 5.10 Å². The van der Waals surface area contributed by atoms with E-state index in [-0.39, 0.29) is 17.6 Å². The van der Waals surface area contributed by atoms with Gasteiger partial charge >= 0.3 is 0 Å². The third-order valence-electron chi connectivity index (χ3n) is 5.68. The van der Waals surface area contributed by atoms with Crippen molar-refractivity contribution in [2.24, 2.45) is 13.0 Å². The molecule has 0 spiro atoms. The highest BCUT2D eigenvalue weighted by Crippen LogP contribution is 2.28. The Labute approximate surface area is 172 Å². The van der Waals surface area contributed by atoms with E-state index in [1.807, 2.05) is 44.0 Å². The van der Waals surface area contributed by atoms with Gasteiger partial charge in [-0.1, -0.05) is 13.3 Å². The van der Waals surface area contributed by atoms with Crippen LogP contribution in [0, 0.1) is 19.8 Å². The van der Waals surface area contributed by atoms with Crippen LogP contribution >= 0.6 is 0 Å². The Morgan fingerprint density at radius 3 is 2.52 bits per heavy atom. The highest BCUT2D eigenvalue weighted by molar-refractivity contribution is 5.99. The van der Waals surface area contributed by atoms with Gasteiger partial charge in [0.15, 0.2) is 5.78 Å². The summed E-state index contributed by atoms with van der Waals surface area (Å²) in [5.41, 5.74) is 4.14. The molecule has 0 N–H and O–H groups in total. The Hall–Kier alpha value is -2.63. The Morgan fingerprint density at radius 2 is 1.90 bits per heavy atom. The maximum absolute atomic E-state index is 13.2. The molecule has 2 heterocycles. The molecule has 6 heteroatoms. The summed E-state index contributed by atoms with van der Waals surface area (Å²) >= 11 is 0. The van der Waals surface area contributed by atoms with Crippen molar-refractivity contribution in [1.82, 2.24) is 14.7 Å². The standard InChI is InChI=1S/C23H31N3O3/c1-6-8-19-13-20(25(4)24-19)23(28)26-10-7-9-17(14-26)21(27)18-11-15(2)22(29-5)16(3)12-18/h11-13,17H,6-10,14H2,1-5H3/t17-/m1/s1. The molecule has 0 unspecified atom stereocenters. The minimum Gasteiger partial charge on any atom is -0.496 e. The number of likely N-dealkylation sites (tertiary alicyclic amines) is 1. The summed E-state index contributed by atoms with van der Waals surface area (Å²) in [6.45, 7) is 7.14. The molecule has 3 rings (SSSR count). The van der Waals surface area contributed by atoms with E-state index < -0.39 is 0 Å². The van der Waals surface area contributed by atoms with Crippen LogP contribution in [0.15, 0.2) is 18.2 Å². The van der Waals surface area contributed by atoms with E-state index in [1.54, 1.807) is 11.8 Å². The number of ketones is 1. The maximum atomic E-state index is 13.2. The number of ether oxygens (including phenoxy) is 1. The summed E-state index contributed by atoms with van der Waals surface area (Å²) in [5, 5.41) is 4.44. The lowest BCUT2D eigenvalue weighted by Gasteiger charge is -2.32. The summed E-state index contributed by atoms with van der Waals surface area (Å²) < 4.78 is 7.07. The van der Waals surface area contributed by atoms with E-state index in [0.717, 1.165) is 48.3 Å². The molecule has 1 aliphatic heterocycles. The van der Waals surface area contributed by atoms with Crippen molar-refractivity contribution in [3.05, 3.63) is 46.3 Å². The zero-order valence-electron chi connectivity index (χ0n) is 18.1. The smallest absolute Gasteiger partial charge is 0.272 e. The van der Waals surface area contributed by atoms with E-state index in [9.17, 15) is 9.59 Å². The first-order valence-corrected chi connectivity index (χ1v) is 10.4. The topological polar surface area (TPSA) is 64.4 Å². The lowest BCUT2D eigenvalue weighted by molar-refractivity contribution is 0.0628. The van der Waals surface area contributed by atoms with Crippen molar-refractivity contribution in [2.45, 2.75) is 46.5 Å². The zero-order valence-corrected chi connectivity index (χ0v) is 18.1. The lowest BCUT2D eigenvalue weighted by atomic mass is 9.88. The molecule has 156 valence electrons. The van der Waals surface area contributed by atoms with Crippen LogP contribution in [-0.4, -0.2) is 46.6 Å². The molecule has 1 saturated heterocycles. The molecule has 0 radical (unpaired) electrons. The van der Waals surface area contributed by atoms with Gasteiger partial charge in [0, 0.05) is 31.6 Å². The molecule has 1 aliphatic rings. The first kappa shape index (κ1) is 21.1. The second kappa shape index (κ2) is 8.80. The number of amides is 1. The van der Waals surface area contributed by atoms with Crippen molar-refractivity contribution < 1.29 is 14.3 Å². The molecular formula is C23H31N3O3. The van der Waals surface area contributed by atoms with E-state index in [2.05, 4.69) is 12.0 Å². The molecule has 0 bridgehead atoms. The Balaban J connectivity index is 1.77. The van der Waals surface area contributed by atoms with Gasteiger partial charge in [-0.15, -0.1) is 0 Å². The van der Waals surface area contributed by atoms with Crippen molar-refractivity contribution in [3.63, 3.8) is 0 Å². The van der Waals surface area contributed by atoms with Crippen molar-refractivity contribution in [1.29, 1.82) is 0 Å². The number of hydrogen-bond acceptors (Lipinski definition) is 4. The molecule has 6 nitrogen and oxygen atoms in total. The average Bonchev–Trinajstić information content (AvgIpc) is 3.07. The van der Waals surface area contributed by atoms with Crippen LogP contribution in [0.4, 0.5) is 0 Å². The molecule has 29 heavy (non-hydrogen) atoms. The van der Waals surface area contributed by atoms with Crippen molar-refractivity contribution in [2.75, 3.05) is 20.2 Å². The minimum absolute atomic E-state index is 0.0399. The highest BCUT2D eigenvalue weighted by Gasteiger charge is 2.31. The molecule has 0 saturated carbocycles. The average molecular weight is 398 g/mol. The van der Waals surface area contributed by atoms with Gasteiger partial charge in [0.25, 0.3) is 5.91 Å². The summed E-state index contributed by atoms with van der Waals surface area (Å²) in [5.74, 6) is 0.708. The second-order valence-electron chi connectivity index (χ2n) is 7.99. The number of aryl methyl sites for hydroxylation is 4. The van der Waals surface area contributed by atoms with Gasteiger partial charge in [-0.25, -0.2) is 0 Å². The fraction of sp³-hybridized carbons (Fsp3) is 0.522. The fourth-order valence-electron chi connectivity index (χ4n) is 4.29. The van der Waals surface area contributed by atoms with Crippen LogP contribution in [0.5, 0.6) is 5.75 Å². The van der Waals surface area contributed by atoms with E-state index in [4.69, 9.17) is 4.74 Å². The normalized spacial score (nSPS) is 16.7. The van der Waals surface area contributed by atoms with Crippen LogP contribution < -0.4 is 4.74 Å². The lowest BCUT2D eigenvalue weighted by Crippen LogP contribution is -2.43. The second-order valence-corrected chi connectivity index (χ2v) is 7.99. The van der Waals surface area contributed by atoms with Crippen LogP contribution in [-0.2, 0) is 13.5 Å². The number of piperidine rings is 1. The molecule has 1 amide bonds. The SMILES string of the molecule is CCCc1cc(C(=O)N2CCC[C@@H](C(=O)c3cc(C)c(OC)c(C)c3)C2)n(C)n1. The number of aromatic nitrogens is 2. The van der Waals surface area contributed by atoms with Crippen LogP contribution in [0.2, 0.25) is 0 Å². The summed E-state index contributed by atoms with van der Waals surface area (Å²) in [4.78, 5) is 28.0. The number of benzene rings is 1. The van der Waals surface area contributed by atoms with Gasteiger partial charge in [0.2, 0.25) is 0 Å². The Bertz CT molecular complexity index is 893. The fourth-order valence-corrected chi connectivity index (χ4v) is 4.29. The highest BCUT2D eigenvalue weighted by atomic mass is 16.5. The monoisotopic (exact) mass is 397 g/mol. The number of rotatable bonds is 6. The summed E-state index contributed by atoms with van der Waals surface area (Å²) in [6, 6.07) is 5.67. The molecule has 0 aliphatic carbocycles. The van der Waals surface area contributed by atoms with Crippen molar-refractivity contribution in [3.8, 4) is 5.75 Å². The number of carbonyl (C=O) groups excluding carboxylic acids is 2. The number of Topliss-reactive ketones (excluding diaryl/α,β-unsaturated/α-hetero) is 1. The predicted molar refractivity (Wildman–Crippen MR) is 113 cm³/mol. The van der Waals surface area contributed by atoms with Crippen LogP contribution in [0.1, 0.15) is 63.9 Å². The predicted octanol–water partition coefficient (Wildman–Crippen LogP) is 3.73. The Morgan fingerprint density at radius 1 is 1.21 bits per heavy atom. The van der Waals surface area contributed by atoms with Gasteiger partial charge in [-0.05, 0) is 62.4 Å². The third-order valence-corrected chi connectivity index (χ3v) is 5.68. The van der Waals surface area contributed by atoms with Gasteiger partial charge in [-0.3, -0.25) is 14.3 Å². The largest absolute Gasteiger partial charge is 0.496 e. The van der Waals surface area contributed by atoms with E-state index in [1.165, 1.54) is 0 Å². The van der Waals surface area contributed by atoms with E-state index in [0.29, 0.717) is 24.3 Å². The van der Waals surface area contributed by atoms with Gasteiger partial charge in [0.1, 0.15) is 11.4 Å². The molecule has 2 aromatic rings. The first-order valence-electron chi connectivity index (χ1n) is 10.4. The van der Waals surface area contributed by atoms with Crippen LogP contribution in [0.25, 0.3) is 0 Å². The zero-order chi connectivity index (χ0) is 21.1. The number of methoxy groups -OCH3 is 1. The first-order chi connectivity index (χ1) is 13.8. The summed E-state index contributed by atoms with van der Waals surface area (Å²) in [7, 11) is 3.45. The molecule has 1 aromatic carbocycles. The van der Waals surface area contributed by atoms with Crippen molar-refractivity contribution >= 4 is 11.7 Å². The number of carbonyl (C=O) groups is 2. The molecular weight excluding hydrogens is 366 g/mol. The number of nitrogens with zero attached hydrogens (tertiary/aromatic N) is 3. The molecule has 1 atom stereocenters. The number of hydrogen-bond donors (Lipinski definition) is 0. The van der Waals surface area contributed by atoms with Gasteiger partial charge in [0.05, 0.1) is 12.8 Å². The van der Waals surface area contributed by atoms with Gasteiger partial charge < -0.3 is 9.64 Å². The molecule has 1 fully saturated rings. The van der Waals surface area contributed by atoms with Crippen LogP contribution in [0.3, 0.4) is 0 Å². The minimum atomic E-state index is -0.178. The quantitative estimate of drug-likeness (QED) is 0.697. The third kappa shape index (κ3) is 4.36.